The Morgan fingerprint density at radius 2 is 2.00 bits per heavy atom. The average Bonchev–Trinajstić information content (AvgIpc) is 3.15. The van der Waals surface area contributed by atoms with Crippen molar-refractivity contribution < 1.29 is 13.5 Å². The van der Waals surface area contributed by atoms with Crippen LogP contribution in [0, 0.1) is 11.6 Å². The SMILES string of the molecule is COc1ccc(-c2nc(CSc3ccc(F)cc3F)nc3ccsc23)cn1. The highest BCUT2D eigenvalue weighted by Crippen LogP contribution is 2.32. The van der Waals surface area contributed by atoms with Crippen LogP contribution in [-0.4, -0.2) is 22.1 Å². The number of ether oxygens (including phenoxy) is 1. The van der Waals surface area contributed by atoms with Gasteiger partial charge in [0.15, 0.2) is 0 Å². The minimum Gasteiger partial charge on any atom is -0.481 e. The molecule has 136 valence electrons. The molecule has 8 heteroatoms. The van der Waals surface area contributed by atoms with Crippen molar-refractivity contribution in [3.8, 4) is 17.1 Å². The number of methoxy groups -OCH3 is 1. The molecule has 0 aliphatic rings. The number of aromatic nitrogens is 3. The summed E-state index contributed by atoms with van der Waals surface area (Å²) in [4.78, 5) is 13.8. The van der Waals surface area contributed by atoms with Gasteiger partial charge in [-0.3, -0.25) is 0 Å². The van der Waals surface area contributed by atoms with Gasteiger partial charge in [0.05, 0.1) is 28.8 Å². The van der Waals surface area contributed by atoms with Gasteiger partial charge in [0.25, 0.3) is 0 Å². The molecule has 3 aromatic heterocycles. The van der Waals surface area contributed by atoms with Crippen LogP contribution in [0.25, 0.3) is 21.5 Å². The number of hydrogen-bond acceptors (Lipinski definition) is 6. The van der Waals surface area contributed by atoms with E-state index in [1.54, 1.807) is 30.7 Å². The third kappa shape index (κ3) is 3.77. The molecule has 0 aliphatic heterocycles. The van der Waals surface area contributed by atoms with E-state index in [-0.39, 0.29) is 0 Å². The van der Waals surface area contributed by atoms with Crippen LogP contribution in [0.3, 0.4) is 0 Å². The van der Waals surface area contributed by atoms with Crippen molar-refractivity contribution in [2.24, 2.45) is 0 Å². The second-order valence-electron chi connectivity index (χ2n) is 5.58. The molecule has 0 aliphatic carbocycles. The van der Waals surface area contributed by atoms with Crippen molar-refractivity contribution in [3.05, 3.63) is 65.4 Å². The van der Waals surface area contributed by atoms with Crippen LogP contribution in [0.15, 0.2) is 52.9 Å². The summed E-state index contributed by atoms with van der Waals surface area (Å²) in [5.41, 5.74) is 2.46. The highest BCUT2D eigenvalue weighted by atomic mass is 32.2. The maximum Gasteiger partial charge on any atom is 0.212 e. The zero-order chi connectivity index (χ0) is 18.8. The van der Waals surface area contributed by atoms with Gasteiger partial charge in [-0.2, -0.15) is 0 Å². The Balaban J connectivity index is 1.67. The first-order valence-electron chi connectivity index (χ1n) is 7.96. The van der Waals surface area contributed by atoms with E-state index >= 15 is 0 Å². The lowest BCUT2D eigenvalue weighted by Gasteiger charge is -2.07. The highest BCUT2D eigenvalue weighted by Gasteiger charge is 2.13. The number of nitrogens with zero attached hydrogens (tertiary/aromatic N) is 3. The quantitative estimate of drug-likeness (QED) is 0.423. The molecule has 0 unspecified atom stereocenters. The largest absolute Gasteiger partial charge is 0.481 e. The first-order chi connectivity index (χ1) is 13.1. The molecule has 4 nitrogen and oxygen atoms in total. The fourth-order valence-electron chi connectivity index (χ4n) is 2.55. The van der Waals surface area contributed by atoms with E-state index in [1.807, 2.05) is 17.5 Å². The molecule has 27 heavy (non-hydrogen) atoms. The molecule has 3 heterocycles. The lowest BCUT2D eigenvalue weighted by atomic mass is 10.2. The predicted octanol–water partition coefficient (Wildman–Crippen LogP) is 5.33. The van der Waals surface area contributed by atoms with Crippen molar-refractivity contribution in [1.29, 1.82) is 0 Å². The Labute approximate surface area is 162 Å². The summed E-state index contributed by atoms with van der Waals surface area (Å²) in [6.07, 6.45) is 1.71. The summed E-state index contributed by atoms with van der Waals surface area (Å²) in [5, 5.41) is 1.95. The fraction of sp³-hybridized carbons (Fsp3) is 0.105. The van der Waals surface area contributed by atoms with Gasteiger partial charge in [0, 0.05) is 28.8 Å². The van der Waals surface area contributed by atoms with Gasteiger partial charge in [-0.1, -0.05) is 0 Å². The second kappa shape index (κ2) is 7.58. The van der Waals surface area contributed by atoms with Gasteiger partial charge in [-0.05, 0) is 29.6 Å². The lowest BCUT2D eigenvalue weighted by Crippen LogP contribution is -1.97. The number of halogens is 2. The summed E-state index contributed by atoms with van der Waals surface area (Å²) >= 11 is 2.78. The van der Waals surface area contributed by atoms with E-state index < -0.39 is 11.6 Å². The van der Waals surface area contributed by atoms with Gasteiger partial charge in [-0.15, -0.1) is 23.1 Å². The first kappa shape index (κ1) is 17.8. The van der Waals surface area contributed by atoms with Gasteiger partial charge < -0.3 is 4.74 Å². The van der Waals surface area contributed by atoms with Crippen molar-refractivity contribution in [3.63, 3.8) is 0 Å². The summed E-state index contributed by atoms with van der Waals surface area (Å²) in [5.74, 6) is 0.279. The Bertz CT molecular complexity index is 1100. The van der Waals surface area contributed by atoms with E-state index in [4.69, 9.17) is 4.74 Å². The third-order valence-electron chi connectivity index (χ3n) is 3.82. The number of hydrogen-bond donors (Lipinski definition) is 0. The highest BCUT2D eigenvalue weighted by molar-refractivity contribution is 7.98. The number of pyridine rings is 1. The summed E-state index contributed by atoms with van der Waals surface area (Å²) in [6.45, 7) is 0. The average molecular weight is 401 g/mol. The molecule has 0 amide bonds. The van der Waals surface area contributed by atoms with Gasteiger partial charge in [-0.25, -0.2) is 23.7 Å². The van der Waals surface area contributed by atoms with E-state index in [1.165, 1.54) is 23.9 Å². The zero-order valence-electron chi connectivity index (χ0n) is 14.1. The summed E-state index contributed by atoms with van der Waals surface area (Å²) < 4.78 is 33.0. The Morgan fingerprint density at radius 3 is 2.74 bits per heavy atom. The minimum absolute atomic E-state index is 0.359. The monoisotopic (exact) mass is 401 g/mol. The first-order valence-corrected chi connectivity index (χ1v) is 9.83. The van der Waals surface area contributed by atoms with E-state index in [0.29, 0.717) is 22.4 Å². The maximum atomic E-state index is 13.9. The van der Waals surface area contributed by atoms with Crippen LogP contribution in [0.2, 0.25) is 0 Å². The van der Waals surface area contributed by atoms with Crippen LogP contribution < -0.4 is 4.74 Å². The molecule has 4 aromatic rings. The van der Waals surface area contributed by atoms with Crippen molar-refractivity contribution >= 4 is 33.3 Å². The molecule has 0 saturated heterocycles. The third-order valence-corrected chi connectivity index (χ3v) is 5.77. The number of thiophene rings is 1. The molecule has 0 fully saturated rings. The maximum absolute atomic E-state index is 13.9. The van der Waals surface area contributed by atoms with E-state index in [2.05, 4.69) is 15.0 Å². The molecule has 0 spiro atoms. The Hall–Kier alpha value is -2.58. The van der Waals surface area contributed by atoms with E-state index in [9.17, 15) is 8.78 Å². The van der Waals surface area contributed by atoms with Crippen molar-refractivity contribution in [1.82, 2.24) is 15.0 Å². The van der Waals surface area contributed by atoms with Gasteiger partial charge >= 0.3 is 0 Å². The molecule has 4 rings (SSSR count). The molecule has 0 radical (unpaired) electrons. The topological polar surface area (TPSA) is 47.9 Å². The van der Waals surface area contributed by atoms with Crippen molar-refractivity contribution in [2.45, 2.75) is 10.6 Å². The van der Waals surface area contributed by atoms with Crippen molar-refractivity contribution in [2.75, 3.05) is 7.11 Å². The van der Waals surface area contributed by atoms with Crippen LogP contribution in [0.4, 0.5) is 8.78 Å². The van der Waals surface area contributed by atoms with Crippen LogP contribution in [0.5, 0.6) is 5.88 Å². The molecule has 0 atom stereocenters. The van der Waals surface area contributed by atoms with Crippen LogP contribution in [-0.2, 0) is 5.75 Å². The standard InChI is InChI=1S/C19H13F2N3OS2/c1-25-17-5-2-11(9-22-17)18-19-14(6-7-26-19)23-16(24-18)10-27-15-4-3-12(20)8-13(15)21/h2-9H,10H2,1H3. The smallest absolute Gasteiger partial charge is 0.212 e. The van der Waals surface area contributed by atoms with Gasteiger partial charge in [0.1, 0.15) is 17.5 Å². The second-order valence-corrected chi connectivity index (χ2v) is 7.51. The number of rotatable bonds is 5. The molecule has 1 aromatic carbocycles. The molecule has 0 saturated carbocycles. The zero-order valence-corrected chi connectivity index (χ0v) is 15.8. The number of fused-ring (bicyclic) bond motifs is 1. The van der Waals surface area contributed by atoms with Gasteiger partial charge in [0.2, 0.25) is 5.88 Å². The Kier molecular flexibility index (Phi) is 5.00. The molecule has 0 bridgehead atoms. The van der Waals surface area contributed by atoms with Crippen LogP contribution in [0.1, 0.15) is 5.82 Å². The van der Waals surface area contributed by atoms with Crippen LogP contribution >= 0.6 is 23.1 Å². The number of thioether (sulfide) groups is 1. The molecular weight excluding hydrogens is 388 g/mol. The molecular formula is C19H13F2N3OS2. The van der Waals surface area contributed by atoms with E-state index in [0.717, 1.165) is 27.5 Å². The number of benzene rings is 1. The predicted molar refractivity (Wildman–Crippen MR) is 103 cm³/mol. The molecule has 0 N–H and O–H groups in total. The fourth-order valence-corrected chi connectivity index (χ4v) is 4.16. The summed E-state index contributed by atoms with van der Waals surface area (Å²) in [6, 6.07) is 9.13. The minimum atomic E-state index is -0.595. The Morgan fingerprint density at radius 1 is 1.11 bits per heavy atom. The lowest BCUT2D eigenvalue weighted by molar-refractivity contribution is 0.398. The summed E-state index contributed by atoms with van der Waals surface area (Å²) in [7, 11) is 1.56. The normalized spacial score (nSPS) is 11.1.